The van der Waals surface area contributed by atoms with Gasteiger partial charge in [-0.05, 0) is 45.4 Å². The van der Waals surface area contributed by atoms with Crippen LogP contribution >= 0.6 is 11.8 Å². The first-order valence-electron chi connectivity index (χ1n) is 6.75. The third kappa shape index (κ3) is 3.75. The van der Waals surface area contributed by atoms with E-state index < -0.39 is 5.54 Å². The topological polar surface area (TPSA) is 61.9 Å². The lowest BCUT2D eigenvalue weighted by molar-refractivity contribution is 0.438. The summed E-state index contributed by atoms with van der Waals surface area (Å²) in [6.45, 7) is 1.93. The van der Waals surface area contributed by atoms with Crippen molar-refractivity contribution >= 4 is 22.9 Å². The van der Waals surface area contributed by atoms with Gasteiger partial charge in [-0.2, -0.15) is 5.26 Å². The Bertz CT molecular complexity index is 571. The summed E-state index contributed by atoms with van der Waals surface area (Å²) >= 11 is 1.63. The van der Waals surface area contributed by atoms with E-state index in [0.717, 1.165) is 41.3 Å². The summed E-state index contributed by atoms with van der Waals surface area (Å²) in [5.41, 5.74) is 1.33. The molecule has 1 aromatic heterocycles. The van der Waals surface area contributed by atoms with Crippen molar-refractivity contribution in [3.63, 3.8) is 0 Å². The smallest absolute Gasteiger partial charge is 0.256 e. The van der Waals surface area contributed by atoms with Gasteiger partial charge >= 0.3 is 0 Å². The van der Waals surface area contributed by atoms with Crippen molar-refractivity contribution in [2.75, 3.05) is 12.8 Å². The van der Waals surface area contributed by atoms with Crippen LogP contribution in [0.15, 0.2) is 33.9 Å². The van der Waals surface area contributed by atoms with Crippen molar-refractivity contribution in [1.29, 1.82) is 5.26 Å². The number of oxazole rings is 1. The number of hydrogen-bond donors (Lipinski definition) is 1. The minimum absolute atomic E-state index is 0.414. The molecule has 0 spiro atoms. The number of unbranched alkanes of at least 4 members (excludes halogenated alkanes) is 1. The van der Waals surface area contributed by atoms with Crippen LogP contribution in [0.4, 0.5) is 0 Å². The quantitative estimate of drug-likeness (QED) is 0.623. The third-order valence-corrected chi connectivity index (χ3v) is 4.28. The molecule has 0 amide bonds. The van der Waals surface area contributed by atoms with Crippen molar-refractivity contribution in [2.24, 2.45) is 0 Å². The zero-order valence-corrected chi connectivity index (χ0v) is 12.7. The fourth-order valence-electron chi connectivity index (χ4n) is 1.89. The molecule has 0 saturated heterocycles. The van der Waals surface area contributed by atoms with Crippen LogP contribution in [0.25, 0.3) is 11.1 Å². The van der Waals surface area contributed by atoms with Crippen molar-refractivity contribution in [2.45, 2.75) is 36.9 Å². The van der Waals surface area contributed by atoms with Gasteiger partial charge in [-0.3, -0.25) is 0 Å². The second-order valence-corrected chi connectivity index (χ2v) is 5.99. The van der Waals surface area contributed by atoms with Crippen molar-refractivity contribution in [3.8, 4) is 6.07 Å². The van der Waals surface area contributed by atoms with E-state index in [4.69, 9.17) is 9.68 Å². The lowest BCUT2D eigenvalue weighted by Gasteiger charge is -2.19. The molecule has 20 heavy (non-hydrogen) atoms. The molecule has 1 heterocycles. The van der Waals surface area contributed by atoms with E-state index >= 15 is 0 Å². The standard InChI is InChI=1S/C15H19N3OS/c1-15(11-16,17-2)9-5-6-10-20-14-18-12-7-3-4-8-13(12)19-14/h3-4,7-8,17H,5-6,9-10H2,1-2H3. The summed E-state index contributed by atoms with van der Waals surface area (Å²) in [6.07, 6.45) is 2.91. The number of para-hydroxylation sites is 2. The molecule has 1 N–H and O–H groups in total. The fourth-order valence-corrected chi connectivity index (χ4v) is 2.72. The highest BCUT2D eigenvalue weighted by atomic mass is 32.2. The molecule has 0 saturated carbocycles. The summed E-state index contributed by atoms with van der Waals surface area (Å²) in [5.74, 6) is 0.956. The van der Waals surface area contributed by atoms with Crippen molar-refractivity contribution < 1.29 is 4.42 Å². The largest absolute Gasteiger partial charge is 0.431 e. The summed E-state index contributed by atoms with van der Waals surface area (Å²) in [5, 5.41) is 12.8. The minimum Gasteiger partial charge on any atom is -0.431 e. The van der Waals surface area contributed by atoms with Crippen LogP contribution in [0.3, 0.4) is 0 Å². The lowest BCUT2D eigenvalue weighted by Crippen LogP contribution is -2.37. The third-order valence-electron chi connectivity index (χ3n) is 3.37. The number of fused-ring (bicyclic) bond motifs is 1. The molecule has 1 atom stereocenters. The van der Waals surface area contributed by atoms with Crippen LogP contribution < -0.4 is 5.32 Å². The Labute approximate surface area is 123 Å². The van der Waals surface area contributed by atoms with E-state index in [1.807, 2.05) is 38.2 Å². The highest BCUT2D eigenvalue weighted by Gasteiger charge is 2.19. The summed E-state index contributed by atoms with van der Waals surface area (Å²) in [4.78, 5) is 4.42. The molecule has 0 fully saturated rings. The maximum absolute atomic E-state index is 9.06. The molecular weight excluding hydrogens is 270 g/mol. The van der Waals surface area contributed by atoms with Gasteiger partial charge in [-0.25, -0.2) is 4.98 Å². The van der Waals surface area contributed by atoms with Crippen molar-refractivity contribution in [3.05, 3.63) is 24.3 Å². The molecule has 2 aromatic rings. The van der Waals surface area contributed by atoms with Gasteiger partial charge in [-0.15, -0.1) is 0 Å². The van der Waals surface area contributed by atoms with E-state index in [1.165, 1.54) is 0 Å². The minimum atomic E-state index is -0.414. The van der Waals surface area contributed by atoms with Gasteiger partial charge in [0.1, 0.15) is 11.1 Å². The molecule has 1 aromatic carbocycles. The summed E-state index contributed by atoms with van der Waals surface area (Å²) in [6, 6.07) is 10.1. The van der Waals surface area contributed by atoms with Gasteiger partial charge in [-0.1, -0.05) is 23.9 Å². The normalized spacial score (nSPS) is 14.1. The Hall–Kier alpha value is -1.51. The first-order chi connectivity index (χ1) is 9.67. The molecule has 0 aliphatic carbocycles. The average molecular weight is 289 g/mol. The van der Waals surface area contributed by atoms with E-state index in [1.54, 1.807) is 11.8 Å². The first kappa shape index (κ1) is 14.9. The second-order valence-electron chi connectivity index (χ2n) is 4.95. The fraction of sp³-hybridized carbons (Fsp3) is 0.467. The van der Waals surface area contributed by atoms with Crippen LogP contribution in [0, 0.1) is 11.3 Å². The number of nitrogens with one attached hydrogen (secondary N) is 1. The molecule has 4 nitrogen and oxygen atoms in total. The van der Waals surface area contributed by atoms with Gasteiger partial charge in [0.05, 0.1) is 6.07 Å². The number of hydrogen-bond acceptors (Lipinski definition) is 5. The van der Waals surface area contributed by atoms with E-state index in [9.17, 15) is 0 Å². The number of aromatic nitrogens is 1. The first-order valence-corrected chi connectivity index (χ1v) is 7.74. The highest BCUT2D eigenvalue weighted by molar-refractivity contribution is 7.99. The number of benzene rings is 1. The Kier molecular flexibility index (Phi) is 5.05. The average Bonchev–Trinajstić information content (AvgIpc) is 2.89. The monoisotopic (exact) mass is 289 g/mol. The maximum atomic E-state index is 9.06. The van der Waals surface area contributed by atoms with Crippen LogP contribution in [0.1, 0.15) is 26.2 Å². The molecule has 106 valence electrons. The van der Waals surface area contributed by atoms with Gasteiger partial charge in [0.25, 0.3) is 5.22 Å². The molecule has 5 heteroatoms. The Morgan fingerprint density at radius 3 is 2.90 bits per heavy atom. The summed E-state index contributed by atoms with van der Waals surface area (Å²) < 4.78 is 5.65. The zero-order chi connectivity index (χ0) is 14.4. The van der Waals surface area contributed by atoms with Crippen LogP contribution in [-0.2, 0) is 0 Å². The van der Waals surface area contributed by atoms with Crippen LogP contribution in [-0.4, -0.2) is 23.3 Å². The van der Waals surface area contributed by atoms with Crippen LogP contribution in [0.2, 0.25) is 0 Å². The predicted octanol–water partition coefficient (Wildman–Crippen LogP) is 3.59. The van der Waals surface area contributed by atoms with E-state index in [2.05, 4.69) is 16.4 Å². The van der Waals surface area contributed by atoms with Gasteiger partial charge in [0, 0.05) is 5.75 Å². The number of nitrogens with zero attached hydrogens (tertiary/aromatic N) is 2. The van der Waals surface area contributed by atoms with Gasteiger partial charge < -0.3 is 9.73 Å². The van der Waals surface area contributed by atoms with Gasteiger partial charge in [0.2, 0.25) is 0 Å². The Morgan fingerprint density at radius 2 is 2.20 bits per heavy atom. The predicted molar refractivity (Wildman–Crippen MR) is 81.7 cm³/mol. The zero-order valence-electron chi connectivity index (χ0n) is 11.8. The molecule has 0 aliphatic heterocycles. The molecule has 2 rings (SSSR count). The lowest BCUT2D eigenvalue weighted by atomic mass is 9.97. The number of nitriles is 1. The van der Waals surface area contributed by atoms with Gasteiger partial charge in [0.15, 0.2) is 5.58 Å². The van der Waals surface area contributed by atoms with Crippen molar-refractivity contribution in [1.82, 2.24) is 10.3 Å². The highest BCUT2D eigenvalue weighted by Crippen LogP contribution is 2.24. The van der Waals surface area contributed by atoms with E-state index in [-0.39, 0.29) is 0 Å². The second kappa shape index (κ2) is 6.78. The maximum Gasteiger partial charge on any atom is 0.256 e. The molecule has 0 bridgehead atoms. The Balaban J connectivity index is 1.75. The molecule has 1 unspecified atom stereocenters. The number of rotatable bonds is 7. The van der Waals surface area contributed by atoms with Crippen LogP contribution in [0.5, 0.6) is 0 Å². The summed E-state index contributed by atoms with van der Waals surface area (Å²) in [7, 11) is 1.83. The Morgan fingerprint density at radius 1 is 1.40 bits per heavy atom. The SMILES string of the molecule is CNC(C)(C#N)CCCCSc1nc2ccccc2o1. The van der Waals surface area contributed by atoms with E-state index in [0.29, 0.717) is 0 Å². The molecule has 0 radical (unpaired) electrons. The molecular formula is C15H19N3OS. The number of thioether (sulfide) groups is 1. The molecule has 0 aliphatic rings.